The van der Waals surface area contributed by atoms with Gasteiger partial charge in [0.25, 0.3) is 11.6 Å². The maximum Gasteiger partial charge on any atom is 0.329 e. The molecule has 1 N–H and O–H groups in total. The molecule has 0 bridgehead atoms. The smallest absolute Gasteiger partial charge is 0.329 e. The number of likely N-dealkylation sites (tertiary alicyclic amines) is 1. The molecule has 0 spiro atoms. The molecule has 1 fully saturated rings. The minimum absolute atomic E-state index is 0.0188. The lowest BCUT2D eigenvalue weighted by Crippen LogP contribution is -2.47. The molecule has 3 atom stereocenters. The van der Waals surface area contributed by atoms with E-state index in [9.17, 15) is 29.3 Å². The van der Waals surface area contributed by atoms with Gasteiger partial charge in [0.2, 0.25) is 11.8 Å². The Hall–Kier alpha value is -3.56. The average molecular weight is 443 g/mol. The number of nitro groups is 1. The first-order valence-electron chi connectivity index (χ1n) is 10.4. The Balaban J connectivity index is 1.68. The Morgan fingerprint density at radius 2 is 1.75 bits per heavy atom. The van der Waals surface area contributed by atoms with Crippen LogP contribution in [0.15, 0.2) is 36.4 Å². The van der Waals surface area contributed by atoms with Gasteiger partial charge in [-0.15, -0.1) is 0 Å². The number of rotatable bonds is 8. The van der Waals surface area contributed by atoms with Crippen LogP contribution in [-0.4, -0.2) is 46.2 Å². The first-order valence-corrected chi connectivity index (χ1v) is 10.4. The van der Waals surface area contributed by atoms with Crippen molar-refractivity contribution in [2.45, 2.75) is 39.2 Å². The number of nitrogens with zero attached hydrogens (tertiary/aromatic N) is 2. The Bertz CT molecular complexity index is 946. The Labute approximate surface area is 184 Å². The second-order valence-corrected chi connectivity index (χ2v) is 8.28. The number of imide groups is 1. The predicted molar refractivity (Wildman–Crippen MR) is 113 cm³/mol. The molecule has 3 amide bonds. The van der Waals surface area contributed by atoms with Crippen molar-refractivity contribution >= 4 is 35.1 Å². The molecule has 1 aromatic rings. The third-order valence-electron chi connectivity index (χ3n) is 5.54. The zero-order valence-corrected chi connectivity index (χ0v) is 17.9. The molecule has 3 unspecified atom stereocenters. The van der Waals surface area contributed by atoms with Crippen LogP contribution in [0.25, 0.3) is 0 Å². The van der Waals surface area contributed by atoms with Crippen molar-refractivity contribution in [2.24, 2.45) is 17.8 Å². The van der Waals surface area contributed by atoms with Crippen molar-refractivity contribution in [3.63, 3.8) is 0 Å². The van der Waals surface area contributed by atoms with Gasteiger partial charge >= 0.3 is 5.97 Å². The van der Waals surface area contributed by atoms with E-state index in [1.54, 1.807) is 0 Å². The van der Waals surface area contributed by atoms with Crippen molar-refractivity contribution in [3.05, 3.63) is 46.5 Å². The Kier molecular flexibility index (Phi) is 7.01. The fourth-order valence-corrected chi connectivity index (χ4v) is 4.04. The summed E-state index contributed by atoms with van der Waals surface area (Å²) in [6.45, 7) is 2.99. The highest BCUT2D eigenvalue weighted by Gasteiger charge is 2.51. The van der Waals surface area contributed by atoms with Crippen LogP contribution in [0.2, 0.25) is 0 Å². The van der Waals surface area contributed by atoms with Gasteiger partial charge in [0.15, 0.2) is 6.61 Å². The second-order valence-electron chi connectivity index (χ2n) is 8.28. The number of fused-ring (bicyclic) bond motifs is 1. The van der Waals surface area contributed by atoms with E-state index in [4.69, 9.17) is 4.74 Å². The summed E-state index contributed by atoms with van der Waals surface area (Å²) in [5.41, 5.74) is -0.326. The summed E-state index contributed by atoms with van der Waals surface area (Å²) in [5.74, 6) is -3.38. The number of para-hydroxylation sites is 2. The lowest BCUT2D eigenvalue weighted by atomic mass is 9.85. The third kappa shape index (κ3) is 4.84. The van der Waals surface area contributed by atoms with E-state index in [-0.39, 0.29) is 23.7 Å². The second kappa shape index (κ2) is 9.71. The molecule has 1 aromatic carbocycles. The number of ether oxygens (including phenoxy) is 1. The summed E-state index contributed by atoms with van der Waals surface area (Å²) in [6, 6.07) is 4.45. The predicted octanol–water partition coefficient (Wildman–Crippen LogP) is 2.44. The molecule has 170 valence electrons. The molecule has 2 aliphatic rings. The van der Waals surface area contributed by atoms with Gasteiger partial charge < -0.3 is 10.1 Å². The first kappa shape index (κ1) is 23.1. The van der Waals surface area contributed by atoms with Gasteiger partial charge in [-0.05, 0) is 31.2 Å². The molecule has 1 aliphatic carbocycles. The van der Waals surface area contributed by atoms with Crippen LogP contribution in [0, 0.1) is 27.9 Å². The molecule has 1 aliphatic heterocycles. The van der Waals surface area contributed by atoms with Crippen molar-refractivity contribution in [1.82, 2.24) is 4.90 Å². The van der Waals surface area contributed by atoms with Crippen LogP contribution in [0.4, 0.5) is 11.4 Å². The van der Waals surface area contributed by atoms with E-state index in [1.807, 2.05) is 26.0 Å². The van der Waals surface area contributed by atoms with Gasteiger partial charge in [-0.2, -0.15) is 0 Å². The maximum atomic E-state index is 12.9. The van der Waals surface area contributed by atoms with Gasteiger partial charge in [-0.3, -0.25) is 29.4 Å². The van der Waals surface area contributed by atoms with E-state index >= 15 is 0 Å². The third-order valence-corrected chi connectivity index (χ3v) is 5.54. The molecular weight excluding hydrogens is 418 g/mol. The fraction of sp³-hybridized carbons (Fsp3) is 0.455. The van der Waals surface area contributed by atoms with E-state index in [2.05, 4.69) is 5.32 Å². The zero-order valence-electron chi connectivity index (χ0n) is 17.9. The summed E-state index contributed by atoms with van der Waals surface area (Å²) in [7, 11) is 0. The SMILES string of the molecule is CC(C)CC(C(=O)OCC(=O)Nc1ccccc1[N+](=O)[O-])N1C(=O)C2CC=CCC2C1=O. The minimum atomic E-state index is -1.13. The number of esters is 1. The standard InChI is InChI=1S/C22H25N3O7/c1-13(2)11-18(24-20(27)14-7-3-4-8-15(14)21(24)28)22(29)32-12-19(26)23-16-9-5-6-10-17(16)25(30)31/h3-6,9-10,13-15,18H,7-8,11-12H2,1-2H3,(H,23,26). The fourth-order valence-electron chi connectivity index (χ4n) is 4.04. The van der Waals surface area contributed by atoms with E-state index in [1.165, 1.54) is 24.3 Å². The number of allylic oxidation sites excluding steroid dienone is 2. The summed E-state index contributed by atoms with van der Waals surface area (Å²) < 4.78 is 5.12. The zero-order chi connectivity index (χ0) is 23.4. The molecule has 10 heteroatoms. The quantitative estimate of drug-likeness (QED) is 0.214. The Morgan fingerprint density at radius 1 is 1.16 bits per heavy atom. The maximum absolute atomic E-state index is 12.9. The molecule has 1 saturated heterocycles. The number of nitrogens with one attached hydrogen (secondary N) is 1. The van der Waals surface area contributed by atoms with Crippen LogP contribution < -0.4 is 5.32 Å². The lowest BCUT2D eigenvalue weighted by molar-refractivity contribution is -0.383. The highest BCUT2D eigenvalue weighted by molar-refractivity contribution is 6.08. The van der Waals surface area contributed by atoms with Crippen molar-refractivity contribution in [1.29, 1.82) is 0 Å². The van der Waals surface area contributed by atoms with Crippen LogP contribution in [0.3, 0.4) is 0 Å². The van der Waals surface area contributed by atoms with E-state index in [0.29, 0.717) is 12.8 Å². The van der Waals surface area contributed by atoms with Gasteiger partial charge in [0, 0.05) is 6.07 Å². The van der Waals surface area contributed by atoms with Crippen molar-refractivity contribution < 1.29 is 28.8 Å². The largest absolute Gasteiger partial charge is 0.454 e. The Morgan fingerprint density at radius 3 is 2.31 bits per heavy atom. The molecule has 3 rings (SSSR count). The van der Waals surface area contributed by atoms with Crippen molar-refractivity contribution in [2.75, 3.05) is 11.9 Å². The summed E-state index contributed by atoms with van der Waals surface area (Å²) >= 11 is 0. The van der Waals surface area contributed by atoms with E-state index in [0.717, 1.165) is 4.90 Å². The molecule has 32 heavy (non-hydrogen) atoms. The average Bonchev–Trinajstić information content (AvgIpc) is 3.01. The topological polar surface area (TPSA) is 136 Å². The highest BCUT2D eigenvalue weighted by atomic mass is 16.6. The number of anilines is 1. The van der Waals surface area contributed by atoms with Gasteiger partial charge in [0.05, 0.1) is 16.8 Å². The number of carbonyl (C=O) groups is 4. The van der Waals surface area contributed by atoms with Crippen LogP contribution in [-0.2, 0) is 23.9 Å². The highest BCUT2D eigenvalue weighted by Crippen LogP contribution is 2.37. The molecule has 0 radical (unpaired) electrons. The number of carbonyl (C=O) groups excluding carboxylic acids is 4. The van der Waals surface area contributed by atoms with Crippen LogP contribution in [0.5, 0.6) is 0 Å². The van der Waals surface area contributed by atoms with Gasteiger partial charge in [0.1, 0.15) is 11.7 Å². The molecular formula is C22H25N3O7. The summed E-state index contributed by atoms with van der Waals surface area (Å²) in [6.07, 6.45) is 4.83. The van der Waals surface area contributed by atoms with E-state index < -0.39 is 53.1 Å². The number of hydrogen-bond donors (Lipinski definition) is 1. The normalized spacial score (nSPS) is 20.8. The number of nitro benzene ring substituents is 1. The number of benzene rings is 1. The number of hydrogen-bond acceptors (Lipinski definition) is 7. The molecule has 1 heterocycles. The van der Waals surface area contributed by atoms with Gasteiger partial charge in [-0.1, -0.05) is 38.1 Å². The molecule has 10 nitrogen and oxygen atoms in total. The van der Waals surface area contributed by atoms with Crippen LogP contribution >= 0.6 is 0 Å². The number of amides is 3. The van der Waals surface area contributed by atoms with Crippen LogP contribution in [0.1, 0.15) is 33.1 Å². The minimum Gasteiger partial charge on any atom is -0.454 e. The van der Waals surface area contributed by atoms with Crippen molar-refractivity contribution in [3.8, 4) is 0 Å². The van der Waals surface area contributed by atoms with Gasteiger partial charge in [-0.25, -0.2) is 4.79 Å². The lowest BCUT2D eigenvalue weighted by Gasteiger charge is -2.26. The molecule has 0 saturated carbocycles. The summed E-state index contributed by atoms with van der Waals surface area (Å²) in [4.78, 5) is 62.2. The monoisotopic (exact) mass is 443 g/mol. The first-order chi connectivity index (χ1) is 15.2. The molecule has 0 aromatic heterocycles. The summed E-state index contributed by atoms with van der Waals surface area (Å²) in [5, 5.41) is 13.4.